The topological polar surface area (TPSA) is 76.2 Å². The van der Waals surface area contributed by atoms with Crippen LogP contribution >= 0.6 is 0 Å². The molecule has 2 aromatic rings. The van der Waals surface area contributed by atoms with E-state index in [0.29, 0.717) is 50.4 Å². The number of amides is 3. The number of carbonyl (C=O) groups excluding carboxylic acids is 3. The van der Waals surface area contributed by atoms with Crippen LogP contribution in [0.2, 0.25) is 0 Å². The van der Waals surface area contributed by atoms with Gasteiger partial charge < -0.3 is 14.4 Å². The summed E-state index contributed by atoms with van der Waals surface area (Å²) in [5.74, 6) is -0.906. The molecular weight excluding hydrogens is 384 g/mol. The van der Waals surface area contributed by atoms with E-state index in [9.17, 15) is 14.4 Å². The summed E-state index contributed by atoms with van der Waals surface area (Å²) in [5.41, 5.74) is 2.03. The van der Waals surface area contributed by atoms with Gasteiger partial charge in [-0.25, -0.2) is 0 Å². The lowest BCUT2D eigenvalue weighted by Crippen LogP contribution is -2.36. The van der Waals surface area contributed by atoms with E-state index in [4.69, 9.17) is 9.47 Å². The number of nitrogens with zero attached hydrogens (tertiary/aromatic N) is 2. The van der Waals surface area contributed by atoms with Crippen molar-refractivity contribution in [1.29, 1.82) is 0 Å². The molecule has 0 N–H and O–H groups in total. The Kier molecular flexibility index (Phi) is 7.32. The summed E-state index contributed by atoms with van der Waals surface area (Å²) in [7, 11) is 3.14. The predicted molar refractivity (Wildman–Crippen MR) is 112 cm³/mol. The minimum absolute atomic E-state index is 0.227. The van der Waals surface area contributed by atoms with Crippen LogP contribution in [0.1, 0.15) is 36.6 Å². The molecule has 1 heterocycles. The highest BCUT2D eigenvalue weighted by atomic mass is 16.5. The van der Waals surface area contributed by atoms with E-state index in [1.54, 1.807) is 31.3 Å². The molecule has 1 aliphatic rings. The van der Waals surface area contributed by atoms with Gasteiger partial charge in [-0.05, 0) is 30.2 Å². The number of ether oxygens (including phenoxy) is 2. The van der Waals surface area contributed by atoms with E-state index in [1.807, 2.05) is 30.3 Å². The fourth-order valence-electron chi connectivity index (χ4n) is 3.41. The first-order valence-corrected chi connectivity index (χ1v) is 9.88. The van der Waals surface area contributed by atoms with E-state index >= 15 is 0 Å². The number of hydrogen-bond acceptors (Lipinski definition) is 5. The highest BCUT2D eigenvalue weighted by Gasteiger charge is 2.36. The Hall–Kier alpha value is -3.03. The molecule has 0 unspecified atom stereocenters. The maximum absolute atomic E-state index is 12.9. The highest BCUT2D eigenvalue weighted by molar-refractivity contribution is 6.22. The summed E-state index contributed by atoms with van der Waals surface area (Å²) >= 11 is 0. The van der Waals surface area contributed by atoms with Crippen molar-refractivity contribution in [3.63, 3.8) is 0 Å². The lowest BCUT2D eigenvalue weighted by Gasteiger charge is -2.22. The first kappa shape index (κ1) is 21.7. The first-order chi connectivity index (χ1) is 14.6. The minimum Gasteiger partial charge on any atom is -0.383 e. The Morgan fingerprint density at radius 2 is 1.53 bits per heavy atom. The predicted octanol–water partition coefficient (Wildman–Crippen LogP) is 2.26. The molecule has 0 atom stereocenters. The highest BCUT2D eigenvalue weighted by Crippen LogP contribution is 2.25. The molecule has 3 rings (SSSR count). The van der Waals surface area contributed by atoms with Gasteiger partial charge in [-0.1, -0.05) is 30.3 Å². The molecule has 0 bridgehead atoms. The molecular formula is C23H26N2O5. The third kappa shape index (κ3) is 4.75. The Labute approximate surface area is 176 Å². The maximum Gasteiger partial charge on any atom is 0.261 e. The second-order valence-electron chi connectivity index (χ2n) is 7.04. The molecule has 0 aliphatic carbocycles. The molecule has 3 amide bonds. The smallest absolute Gasteiger partial charge is 0.261 e. The average molecular weight is 410 g/mol. The van der Waals surface area contributed by atoms with Gasteiger partial charge in [0.2, 0.25) is 0 Å². The summed E-state index contributed by atoms with van der Waals surface area (Å²) in [6.07, 6.45) is 0.583. The molecule has 0 aromatic heterocycles. The van der Waals surface area contributed by atoms with Gasteiger partial charge >= 0.3 is 0 Å². The van der Waals surface area contributed by atoms with Crippen molar-refractivity contribution in [3.05, 3.63) is 70.8 Å². The molecule has 1 aliphatic heterocycles. The van der Waals surface area contributed by atoms with Crippen molar-refractivity contribution >= 4 is 17.7 Å². The van der Waals surface area contributed by atoms with E-state index in [-0.39, 0.29) is 23.3 Å². The molecule has 0 saturated heterocycles. The molecule has 30 heavy (non-hydrogen) atoms. The Balaban J connectivity index is 1.75. The SMILES string of the molecule is COCCN(CCOC)C(=O)c1ccc2c(c1)C(=O)N(CCc1ccccc1)C2=O. The van der Waals surface area contributed by atoms with Crippen molar-refractivity contribution in [2.45, 2.75) is 6.42 Å². The van der Waals surface area contributed by atoms with E-state index in [1.165, 1.54) is 11.0 Å². The monoisotopic (exact) mass is 410 g/mol. The summed E-state index contributed by atoms with van der Waals surface area (Å²) in [5, 5.41) is 0. The van der Waals surface area contributed by atoms with Gasteiger partial charge in [0.1, 0.15) is 0 Å². The zero-order chi connectivity index (χ0) is 21.5. The van der Waals surface area contributed by atoms with Crippen molar-refractivity contribution < 1.29 is 23.9 Å². The van der Waals surface area contributed by atoms with Gasteiger partial charge in [-0.15, -0.1) is 0 Å². The molecule has 0 saturated carbocycles. The molecule has 0 fully saturated rings. The van der Waals surface area contributed by atoms with Crippen LogP contribution in [0.3, 0.4) is 0 Å². The normalized spacial score (nSPS) is 12.9. The number of hydrogen-bond donors (Lipinski definition) is 0. The lowest BCUT2D eigenvalue weighted by molar-refractivity contribution is 0.0626. The fourth-order valence-corrected chi connectivity index (χ4v) is 3.41. The summed E-state index contributed by atoms with van der Waals surface area (Å²) in [6.45, 7) is 1.90. The van der Waals surface area contributed by atoms with Crippen LogP contribution < -0.4 is 0 Å². The maximum atomic E-state index is 12.9. The van der Waals surface area contributed by atoms with Crippen molar-refractivity contribution in [2.75, 3.05) is 47.1 Å². The van der Waals surface area contributed by atoms with Crippen LogP contribution in [0, 0.1) is 0 Å². The van der Waals surface area contributed by atoms with Crippen molar-refractivity contribution in [1.82, 2.24) is 9.80 Å². The van der Waals surface area contributed by atoms with Gasteiger partial charge in [-0.3, -0.25) is 19.3 Å². The van der Waals surface area contributed by atoms with Gasteiger partial charge in [0.05, 0.1) is 24.3 Å². The molecule has 7 heteroatoms. The Bertz CT molecular complexity index is 905. The summed E-state index contributed by atoms with van der Waals surface area (Å²) in [6, 6.07) is 14.4. The van der Waals surface area contributed by atoms with Crippen LogP contribution in [0.15, 0.2) is 48.5 Å². The second kappa shape index (κ2) is 10.1. The van der Waals surface area contributed by atoms with Crippen molar-refractivity contribution in [3.8, 4) is 0 Å². The van der Waals surface area contributed by atoms with Crippen molar-refractivity contribution in [2.24, 2.45) is 0 Å². The van der Waals surface area contributed by atoms with E-state index in [0.717, 1.165) is 5.56 Å². The second-order valence-corrected chi connectivity index (χ2v) is 7.04. The summed E-state index contributed by atoms with van der Waals surface area (Å²) in [4.78, 5) is 41.4. The number of imide groups is 1. The number of rotatable bonds is 10. The third-order valence-corrected chi connectivity index (χ3v) is 5.10. The molecule has 0 spiro atoms. The first-order valence-electron chi connectivity index (χ1n) is 9.88. The minimum atomic E-state index is -0.360. The van der Waals surface area contributed by atoms with Crippen LogP contribution in [-0.4, -0.2) is 74.6 Å². The number of fused-ring (bicyclic) bond motifs is 1. The van der Waals surface area contributed by atoms with Crippen LogP contribution in [0.5, 0.6) is 0 Å². The van der Waals surface area contributed by atoms with Crippen LogP contribution in [-0.2, 0) is 15.9 Å². The average Bonchev–Trinajstić information content (AvgIpc) is 3.02. The zero-order valence-electron chi connectivity index (χ0n) is 17.3. The Morgan fingerprint density at radius 1 is 0.900 bits per heavy atom. The quantitative estimate of drug-likeness (QED) is 0.562. The largest absolute Gasteiger partial charge is 0.383 e. The number of benzene rings is 2. The van der Waals surface area contributed by atoms with Gasteiger partial charge in [0.15, 0.2) is 0 Å². The van der Waals surface area contributed by atoms with E-state index < -0.39 is 0 Å². The van der Waals surface area contributed by atoms with Crippen LogP contribution in [0.25, 0.3) is 0 Å². The standard InChI is InChI=1S/C23H26N2O5/c1-29-14-12-24(13-15-30-2)21(26)18-8-9-19-20(16-18)23(28)25(22(19)27)11-10-17-6-4-3-5-7-17/h3-9,16H,10-15H2,1-2H3. The fraction of sp³-hybridized carbons (Fsp3) is 0.348. The molecule has 0 radical (unpaired) electrons. The van der Waals surface area contributed by atoms with Gasteiger partial charge in [0.25, 0.3) is 17.7 Å². The number of carbonyl (C=O) groups is 3. The van der Waals surface area contributed by atoms with E-state index in [2.05, 4.69) is 0 Å². The zero-order valence-corrected chi connectivity index (χ0v) is 17.3. The third-order valence-electron chi connectivity index (χ3n) is 5.10. The molecule has 158 valence electrons. The van der Waals surface area contributed by atoms with Gasteiger partial charge in [-0.2, -0.15) is 0 Å². The molecule has 7 nitrogen and oxygen atoms in total. The Morgan fingerprint density at radius 3 is 2.17 bits per heavy atom. The van der Waals surface area contributed by atoms with Gasteiger partial charge in [0, 0.05) is 39.4 Å². The van der Waals surface area contributed by atoms with Crippen LogP contribution in [0.4, 0.5) is 0 Å². The molecule has 2 aromatic carbocycles. The summed E-state index contributed by atoms with van der Waals surface area (Å²) < 4.78 is 10.2. The number of methoxy groups -OCH3 is 2. The lowest BCUT2D eigenvalue weighted by atomic mass is 10.0.